The van der Waals surface area contributed by atoms with E-state index in [1.54, 1.807) is 0 Å². The van der Waals surface area contributed by atoms with Crippen LogP contribution in [0.3, 0.4) is 0 Å². The molecule has 0 bridgehead atoms. The van der Waals surface area contributed by atoms with Crippen molar-refractivity contribution in [3.63, 3.8) is 0 Å². The molecule has 3 nitrogen and oxygen atoms in total. The van der Waals surface area contributed by atoms with Crippen LogP contribution < -0.4 is 5.32 Å². The van der Waals surface area contributed by atoms with Crippen molar-refractivity contribution >= 4 is 11.8 Å². The van der Waals surface area contributed by atoms with Gasteiger partial charge in [-0.2, -0.15) is 11.8 Å². The molecule has 2 heterocycles. The van der Waals surface area contributed by atoms with Gasteiger partial charge in [-0.25, -0.2) is 9.97 Å². The zero-order valence-corrected chi connectivity index (χ0v) is 10.2. The summed E-state index contributed by atoms with van der Waals surface area (Å²) in [7, 11) is 1.96. The third-order valence-electron chi connectivity index (χ3n) is 2.67. The fourth-order valence-corrected chi connectivity index (χ4v) is 2.87. The van der Waals surface area contributed by atoms with Crippen molar-refractivity contribution in [1.82, 2.24) is 15.3 Å². The Kier molecular flexibility index (Phi) is 3.59. The molecule has 1 aliphatic rings. The van der Waals surface area contributed by atoms with Crippen molar-refractivity contribution in [2.24, 2.45) is 0 Å². The van der Waals surface area contributed by atoms with Crippen LogP contribution in [0.15, 0.2) is 0 Å². The molecule has 1 aliphatic heterocycles. The van der Waals surface area contributed by atoms with Gasteiger partial charge in [-0.1, -0.05) is 0 Å². The van der Waals surface area contributed by atoms with Crippen LogP contribution in [0.4, 0.5) is 0 Å². The molecule has 0 amide bonds. The van der Waals surface area contributed by atoms with Crippen molar-refractivity contribution in [2.75, 3.05) is 19.3 Å². The molecule has 82 valence electrons. The van der Waals surface area contributed by atoms with E-state index in [4.69, 9.17) is 0 Å². The fraction of sp³-hybridized carbons (Fsp3) is 0.636. The second-order valence-corrected chi connectivity index (χ2v) is 4.91. The molecule has 2 rings (SSSR count). The number of aryl methyl sites for hydroxylation is 2. The van der Waals surface area contributed by atoms with Crippen LogP contribution in [0.2, 0.25) is 0 Å². The highest BCUT2D eigenvalue weighted by Crippen LogP contribution is 2.24. The predicted molar refractivity (Wildman–Crippen MR) is 64.3 cm³/mol. The first-order chi connectivity index (χ1) is 7.31. The lowest BCUT2D eigenvalue weighted by atomic mass is 10.1. The molecule has 0 aromatic carbocycles. The maximum absolute atomic E-state index is 4.65. The van der Waals surface area contributed by atoms with E-state index in [2.05, 4.69) is 22.2 Å². The average molecular weight is 223 g/mol. The summed E-state index contributed by atoms with van der Waals surface area (Å²) in [4.78, 5) is 9.21. The second kappa shape index (κ2) is 4.94. The standard InChI is InChI=1S/C11H17N3S/c1-8-9-7-15-6-4-10(9)14-11(13-8)3-5-12-2/h12H,3-7H2,1-2H3. The van der Waals surface area contributed by atoms with Crippen LogP contribution in [0.5, 0.6) is 0 Å². The van der Waals surface area contributed by atoms with E-state index in [9.17, 15) is 0 Å². The molecule has 0 aliphatic carbocycles. The van der Waals surface area contributed by atoms with E-state index < -0.39 is 0 Å². The fourth-order valence-electron chi connectivity index (χ4n) is 1.80. The van der Waals surface area contributed by atoms with Crippen molar-refractivity contribution in [2.45, 2.75) is 25.5 Å². The Labute approximate surface area is 95.1 Å². The largest absolute Gasteiger partial charge is 0.319 e. The number of likely N-dealkylation sites (N-methyl/N-ethyl adjacent to an activating group) is 1. The highest BCUT2D eigenvalue weighted by Gasteiger charge is 2.15. The minimum atomic E-state index is 0.928. The van der Waals surface area contributed by atoms with Crippen molar-refractivity contribution < 1.29 is 0 Å². The Morgan fingerprint density at radius 3 is 3.07 bits per heavy atom. The normalized spacial score (nSPS) is 15.1. The van der Waals surface area contributed by atoms with Crippen LogP contribution in [0.1, 0.15) is 22.8 Å². The van der Waals surface area contributed by atoms with Gasteiger partial charge < -0.3 is 5.32 Å². The van der Waals surface area contributed by atoms with E-state index in [1.807, 2.05) is 18.8 Å². The minimum absolute atomic E-state index is 0.928. The van der Waals surface area contributed by atoms with Gasteiger partial charge in [0.15, 0.2) is 0 Å². The van der Waals surface area contributed by atoms with E-state index in [0.29, 0.717) is 0 Å². The number of aromatic nitrogens is 2. The topological polar surface area (TPSA) is 37.8 Å². The van der Waals surface area contributed by atoms with Crippen molar-refractivity contribution in [3.05, 3.63) is 22.8 Å². The van der Waals surface area contributed by atoms with Gasteiger partial charge in [0.2, 0.25) is 0 Å². The SMILES string of the molecule is CNCCc1nc(C)c2c(n1)CCSC2. The molecule has 0 atom stereocenters. The highest BCUT2D eigenvalue weighted by molar-refractivity contribution is 7.98. The summed E-state index contributed by atoms with van der Waals surface area (Å²) < 4.78 is 0. The van der Waals surface area contributed by atoms with Crippen LogP contribution >= 0.6 is 11.8 Å². The maximum Gasteiger partial charge on any atom is 0.130 e. The molecule has 0 spiro atoms. The Morgan fingerprint density at radius 1 is 1.40 bits per heavy atom. The molecule has 0 saturated heterocycles. The summed E-state index contributed by atoms with van der Waals surface area (Å²) in [5, 5.41) is 3.13. The minimum Gasteiger partial charge on any atom is -0.319 e. The molecule has 0 saturated carbocycles. The first-order valence-electron chi connectivity index (χ1n) is 5.39. The van der Waals surface area contributed by atoms with Crippen molar-refractivity contribution in [3.8, 4) is 0 Å². The lowest BCUT2D eigenvalue weighted by molar-refractivity contribution is 0.738. The molecule has 15 heavy (non-hydrogen) atoms. The molecule has 1 N–H and O–H groups in total. The number of nitrogens with zero attached hydrogens (tertiary/aromatic N) is 2. The molecule has 4 heteroatoms. The number of hydrogen-bond donors (Lipinski definition) is 1. The maximum atomic E-state index is 4.65. The predicted octanol–water partition coefficient (Wildman–Crippen LogP) is 1.34. The van der Waals surface area contributed by atoms with E-state index in [0.717, 1.165) is 31.0 Å². The van der Waals surface area contributed by atoms with Crippen LogP contribution in [0, 0.1) is 6.92 Å². The summed E-state index contributed by atoms with van der Waals surface area (Å²) in [6, 6.07) is 0. The monoisotopic (exact) mass is 223 g/mol. The highest BCUT2D eigenvalue weighted by atomic mass is 32.2. The Hall–Kier alpha value is -0.610. The first-order valence-corrected chi connectivity index (χ1v) is 6.54. The average Bonchev–Trinajstić information content (AvgIpc) is 2.26. The zero-order valence-electron chi connectivity index (χ0n) is 9.34. The van der Waals surface area contributed by atoms with Crippen LogP contribution in [-0.4, -0.2) is 29.3 Å². The third kappa shape index (κ3) is 2.49. The molecule has 1 aromatic rings. The summed E-state index contributed by atoms with van der Waals surface area (Å²) in [6.07, 6.45) is 2.04. The molecule has 1 aromatic heterocycles. The number of rotatable bonds is 3. The van der Waals surface area contributed by atoms with Gasteiger partial charge in [0.25, 0.3) is 0 Å². The van der Waals surface area contributed by atoms with Crippen molar-refractivity contribution in [1.29, 1.82) is 0 Å². The molecular formula is C11H17N3S. The molecule has 0 fully saturated rings. The Morgan fingerprint density at radius 2 is 2.27 bits per heavy atom. The number of nitrogens with one attached hydrogen (secondary N) is 1. The number of hydrogen-bond acceptors (Lipinski definition) is 4. The molecular weight excluding hydrogens is 206 g/mol. The summed E-state index contributed by atoms with van der Waals surface area (Å²) >= 11 is 1.98. The van der Waals surface area contributed by atoms with Gasteiger partial charge in [0.05, 0.1) is 0 Å². The van der Waals surface area contributed by atoms with Gasteiger partial charge in [0.1, 0.15) is 5.82 Å². The van der Waals surface area contributed by atoms with Crippen LogP contribution in [0.25, 0.3) is 0 Å². The van der Waals surface area contributed by atoms with Gasteiger partial charge in [-0.15, -0.1) is 0 Å². The van der Waals surface area contributed by atoms with Crippen LogP contribution in [-0.2, 0) is 18.6 Å². The summed E-state index contributed by atoms with van der Waals surface area (Å²) in [6.45, 7) is 3.06. The first kappa shape index (κ1) is 10.9. The van der Waals surface area contributed by atoms with Gasteiger partial charge >= 0.3 is 0 Å². The van der Waals surface area contributed by atoms with E-state index in [-0.39, 0.29) is 0 Å². The lowest BCUT2D eigenvalue weighted by Gasteiger charge is -2.17. The third-order valence-corrected chi connectivity index (χ3v) is 3.66. The van der Waals surface area contributed by atoms with Gasteiger partial charge in [0, 0.05) is 35.7 Å². The quantitative estimate of drug-likeness (QED) is 0.839. The Balaban J connectivity index is 2.24. The number of fused-ring (bicyclic) bond motifs is 1. The van der Waals surface area contributed by atoms with E-state index >= 15 is 0 Å². The molecule has 0 radical (unpaired) electrons. The zero-order chi connectivity index (χ0) is 10.7. The summed E-state index contributed by atoms with van der Waals surface area (Å²) in [5.41, 5.74) is 3.84. The van der Waals surface area contributed by atoms with Gasteiger partial charge in [-0.05, 0) is 26.1 Å². The lowest BCUT2D eigenvalue weighted by Crippen LogP contribution is -2.16. The molecule has 0 unspecified atom stereocenters. The summed E-state index contributed by atoms with van der Waals surface area (Å²) in [5.74, 6) is 3.29. The van der Waals surface area contributed by atoms with E-state index in [1.165, 1.54) is 22.7 Å². The smallest absolute Gasteiger partial charge is 0.130 e. The number of thioether (sulfide) groups is 1. The second-order valence-electron chi connectivity index (χ2n) is 3.81. The van der Waals surface area contributed by atoms with Gasteiger partial charge in [-0.3, -0.25) is 0 Å². The Bertz CT molecular complexity index is 352.